The lowest BCUT2D eigenvalue weighted by Gasteiger charge is -2.20. The highest BCUT2D eigenvalue weighted by Gasteiger charge is 2.22. The Balaban J connectivity index is 3.09. The predicted octanol–water partition coefficient (Wildman–Crippen LogP) is 1.90. The maximum absolute atomic E-state index is 5.51. The van der Waals surface area contributed by atoms with E-state index in [4.69, 9.17) is 5.73 Å². The molecular weight excluding hydrogens is 230 g/mol. The Labute approximate surface area is 87.4 Å². The molecule has 0 fully saturated rings. The molecule has 1 heterocycles. The SMILES string of the molecule is CC(C)(C)c1c(Br)cnn1CCN. The monoisotopic (exact) mass is 245 g/mol. The molecule has 0 atom stereocenters. The molecule has 0 spiro atoms. The molecule has 3 nitrogen and oxygen atoms in total. The van der Waals surface area contributed by atoms with Gasteiger partial charge in [0.1, 0.15) is 0 Å². The first kappa shape index (κ1) is 10.7. The van der Waals surface area contributed by atoms with Gasteiger partial charge in [0.15, 0.2) is 0 Å². The topological polar surface area (TPSA) is 43.8 Å². The summed E-state index contributed by atoms with van der Waals surface area (Å²) in [4.78, 5) is 0. The van der Waals surface area contributed by atoms with Crippen LogP contribution in [0, 0.1) is 0 Å². The van der Waals surface area contributed by atoms with Gasteiger partial charge >= 0.3 is 0 Å². The number of hydrogen-bond acceptors (Lipinski definition) is 2. The average molecular weight is 246 g/mol. The van der Waals surface area contributed by atoms with Gasteiger partial charge in [-0.05, 0) is 15.9 Å². The van der Waals surface area contributed by atoms with Gasteiger partial charge in [-0.3, -0.25) is 4.68 Å². The summed E-state index contributed by atoms with van der Waals surface area (Å²) in [6, 6.07) is 0. The van der Waals surface area contributed by atoms with Gasteiger partial charge in [0.2, 0.25) is 0 Å². The lowest BCUT2D eigenvalue weighted by molar-refractivity contribution is 0.487. The summed E-state index contributed by atoms with van der Waals surface area (Å²) in [5.41, 5.74) is 6.81. The van der Waals surface area contributed by atoms with Crippen LogP contribution in [0.4, 0.5) is 0 Å². The third-order valence-corrected chi connectivity index (χ3v) is 2.43. The summed E-state index contributed by atoms with van der Waals surface area (Å²) in [6.45, 7) is 7.90. The van der Waals surface area contributed by atoms with Crippen LogP contribution in [0.5, 0.6) is 0 Å². The Kier molecular flexibility index (Phi) is 3.14. The third-order valence-electron chi connectivity index (χ3n) is 1.85. The Hall–Kier alpha value is -0.350. The second-order valence-electron chi connectivity index (χ2n) is 4.10. The minimum Gasteiger partial charge on any atom is -0.329 e. The van der Waals surface area contributed by atoms with Crippen LogP contribution in [0.25, 0.3) is 0 Å². The first-order valence-corrected chi connectivity index (χ1v) is 5.18. The molecule has 0 bridgehead atoms. The number of nitrogens with two attached hydrogens (primary N) is 1. The van der Waals surface area contributed by atoms with E-state index in [1.807, 2.05) is 10.9 Å². The highest BCUT2D eigenvalue weighted by Crippen LogP contribution is 2.29. The molecule has 0 aliphatic carbocycles. The van der Waals surface area contributed by atoms with E-state index < -0.39 is 0 Å². The molecule has 4 heteroatoms. The molecule has 0 aliphatic heterocycles. The van der Waals surface area contributed by atoms with Crippen molar-refractivity contribution in [2.24, 2.45) is 5.73 Å². The van der Waals surface area contributed by atoms with E-state index in [0.29, 0.717) is 6.54 Å². The number of hydrogen-bond donors (Lipinski definition) is 1. The quantitative estimate of drug-likeness (QED) is 0.866. The zero-order valence-electron chi connectivity index (χ0n) is 8.34. The van der Waals surface area contributed by atoms with E-state index >= 15 is 0 Å². The van der Waals surface area contributed by atoms with Gasteiger partial charge in [-0.2, -0.15) is 5.10 Å². The lowest BCUT2D eigenvalue weighted by Crippen LogP contribution is -2.22. The molecule has 1 aromatic heterocycles. The average Bonchev–Trinajstić information content (AvgIpc) is 2.31. The largest absolute Gasteiger partial charge is 0.329 e. The molecule has 0 aliphatic rings. The van der Waals surface area contributed by atoms with Gasteiger partial charge < -0.3 is 5.73 Å². The maximum atomic E-state index is 5.51. The maximum Gasteiger partial charge on any atom is 0.0635 e. The fourth-order valence-electron chi connectivity index (χ4n) is 1.40. The standard InChI is InChI=1S/C9H16BrN3/c1-9(2,3)8-7(10)6-12-13(8)5-4-11/h6H,4-5,11H2,1-3H3. The van der Waals surface area contributed by atoms with Gasteiger partial charge in [0.05, 0.1) is 22.9 Å². The number of rotatable bonds is 2. The molecule has 0 saturated heterocycles. The van der Waals surface area contributed by atoms with E-state index in [1.165, 1.54) is 5.69 Å². The van der Waals surface area contributed by atoms with Crippen LogP contribution in [0.15, 0.2) is 10.7 Å². The molecule has 0 radical (unpaired) electrons. The third kappa shape index (κ3) is 2.31. The molecule has 0 amide bonds. The van der Waals surface area contributed by atoms with Crippen molar-refractivity contribution in [2.45, 2.75) is 32.7 Å². The van der Waals surface area contributed by atoms with Crippen molar-refractivity contribution in [3.8, 4) is 0 Å². The zero-order valence-corrected chi connectivity index (χ0v) is 9.93. The summed E-state index contributed by atoms with van der Waals surface area (Å²) < 4.78 is 3.03. The molecule has 0 unspecified atom stereocenters. The van der Waals surface area contributed by atoms with Crippen molar-refractivity contribution in [1.82, 2.24) is 9.78 Å². The molecule has 13 heavy (non-hydrogen) atoms. The predicted molar refractivity (Wildman–Crippen MR) is 57.7 cm³/mol. The first-order chi connectivity index (χ1) is 5.96. The van der Waals surface area contributed by atoms with E-state index in [9.17, 15) is 0 Å². The van der Waals surface area contributed by atoms with E-state index in [2.05, 4.69) is 41.8 Å². The van der Waals surface area contributed by atoms with Crippen molar-refractivity contribution in [3.05, 3.63) is 16.4 Å². The first-order valence-electron chi connectivity index (χ1n) is 4.38. The van der Waals surface area contributed by atoms with E-state index in [-0.39, 0.29) is 5.41 Å². The highest BCUT2D eigenvalue weighted by molar-refractivity contribution is 9.10. The van der Waals surface area contributed by atoms with Crippen LogP contribution in [0.3, 0.4) is 0 Å². The summed E-state index contributed by atoms with van der Waals surface area (Å²) in [5, 5.41) is 4.26. The Morgan fingerprint density at radius 2 is 2.15 bits per heavy atom. The van der Waals surface area contributed by atoms with Crippen molar-refractivity contribution >= 4 is 15.9 Å². The van der Waals surface area contributed by atoms with Crippen LogP contribution >= 0.6 is 15.9 Å². The second-order valence-corrected chi connectivity index (χ2v) is 4.96. The summed E-state index contributed by atoms with van der Waals surface area (Å²) in [7, 11) is 0. The van der Waals surface area contributed by atoms with Gasteiger partial charge in [-0.1, -0.05) is 20.8 Å². The number of halogens is 1. The number of aromatic nitrogens is 2. The van der Waals surface area contributed by atoms with Crippen LogP contribution in [0.1, 0.15) is 26.5 Å². The minimum atomic E-state index is 0.102. The number of nitrogens with zero attached hydrogens (tertiary/aromatic N) is 2. The van der Waals surface area contributed by atoms with Crippen LogP contribution in [0.2, 0.25) is 0 Å². The summed E-state index contributed by atoms with van der Waals surface area (Å²) in [6.07, 6.45) is 1.83. The zero-order chi connectivity index (χ0) is 10.1. The van der Waals surface area contributed by atoms with E-state index in [1.54, 1.807) is 0 Å². The Morgan fingerprint density at radius 1 is 1.54 bits per heavy atom. The molecule has 74 valence electrons. The molecule has 0 saturated carbocycles. The van der Waals surface area contributed by atoms with Gasteiger partial charge in [-0.15, -0.1) is 0 Å². The van der Waals surface area contributed by atoms with Gasteiger partial charge in [-0.25, -0.2) is 0 Å². The molecule has 1 aromatic rings. The Bertz CT molecular complexity index is 286. The minimum absolute atomic E-state index is 0.102. The molecule has 2 N–H and O–H groups in total. The smallest absolute Gasteiger partial charge is 0.0635 e. The van der Waals surface area contributed by atoms with Crippen molar-refractivity contribution in [1.29, 1.82) is 0 Å². The van der Waals surface area contributed by atoms with Crippen LogP contribution < -0.4 is 5.73 Å². The van der Waals surface area contributed by atoms with Gasteiger partial charge in [0.25, 0.3) is 0 Å². The molecule has 0 aromatic carbocycles. The summed E-state index contributed by atoms with van der Waals surface area (Å²) in [5.74, 6) is 0. The van der Waals surface area contributed by atoms with Crippen molar-refractivity contribution < 1.29 is 0 Å². The normalized spacial score (nSPS) is 12.1. The fraction of sp³-hybridized carbons (Fsp3) is 0.667. The van der Waals surface area contributed by atoms with Crippen molar-refractivity contribution in [2.75, 3.05) is 6.54 Å². The highest BCUT2D eigenvalue weighted by atomic mass is 79.9. The van der Waals surface area contributed by atoms with Crippen LogP contribution in [-0.4, -0.2) is 16.3 Å². The Morgan fingerprint density at radius 3 is 2.62 bits per heavy atom. The summed E-state index contributed by atoms with van der Waals surface area (Å²) >= 11 is 3.50. The van der Waals surface area contributed by atoms with Crippen molar-refractivity contribution in [3.63, 3.8) is 0 Å². The van der Waals surface area contributed by atoms with E-state index in [0.717, 1.165) is 11.0 Å². The van der Waals surface area contributed by atoms with Crippen LogP contribution in [-0.2, 0) is 12.0 Å². The fourth-order valence-corrected chi connectivity index (χ4v) is 2.29. The molecular formula is C9H16BrN3. The van der Waals surface area contributed by atoms with Gasteiger partial charge in [0, 0.05) is 12.0 Å². The second kappa shape index (κ2) is 3.80. The molecule has 1 rings (SSSR count). The lowest BCUT2D eigenvalue weighted by atomic mass is 9.92.